The smallest absolute Gasteiger partial charge is 0.244 e. The van der Waals surface area contributed by atoms with Gasteiger partial charge in [-0.05, 0) is 43.4 Å². The highest BCUT2D eigenvalue weighted by Gasteiger charge is 2.42. The van der Waals surface area contributed by atoms with E-state index in [2.05, 4.69) is 32.3 Å². The van der Waals surface area contributed by atoms with E-state index in [-0.39, 0.29) is 11.3 Å². The molecule has 1 saturated heterocycles. The van der Waals surface area contributed by atoms with Gasteiger partial charge < -0.3 is 0 Å². The summed E-state index contributed by atoms with van der Waals surface area (Å²) in [7, 11) is 0. The number of rotatable bonds is 6. The lowest BCUT2D eigenvalue weighted by Gasteiger charge is -2.43. The van der Waals surface area contributed by atoms with Crippen molar-refractivity contribution in [3.05, 3.63) is 29.8 Å². The summed E-state index contributed by atoms with van der Waals surface area (Å²) in [6.07, 6.45) is 4.96. The first-order valence-electron chi connectivity index (χ1n) is 8.59. The number of carbonyl (C=O) groups excluding carboxylic acids is 1. The van der Waals surface area contributed by atoms with Crippen molar-refractivity contribution in [3.63, 3.8) is 0 Å². The van der Waals surface area contributed by atoms with Gasteiger partial charge >= 0.3 is 0 Å². The molecular weight excluding hydrogens is 286 g/mol. The number of hydrogen-bond acceptors (Lipinski definition) is 3. The molecular formula is C19H27N3O. The summed E-state index contributed by atoms with van der Waals surface area (Å²) in [6.45, 7) is 7.33. The van der Waals surface area contributed by atoms with E-state index in [0.29, 0.717) is 11.5 Å². The summed E-state index contributed by atoms with van der Waals surface area (Å²) in [4.78, 5) is 12.9. The standard InChI is InChI=1S/C19H27N3O/c1-4-5-9-19(13-15(2)3)10-11-22(21-18(19)23)17-8-6-7-16(12-17)14-20/h6-8,12,15H,4-5,9-11,13H2,1-3H3,(H,21,23). The van der Waals surface area contributed by atoms with Gasteiger partial charge in [0.25, 0.3) is 0 Å². The molecule has 4 nitrogen and oxygen atoms in total. The highest BCUT2D eigenvalue weighted by atomic mass is 16.2. The highest BCUT2D eigenvalue weighted by molar-refractivity contribution is 5.85. The summed E-state index contributed by atoms with van der Waals surface area (Å²) in [5.74, 6) is 0.638. The van der Waals surface area contributed by atoms with Crippen LogP contribution in [0.4, 0.5) is 5.69 Å². The largest absolute Gasteiger partial charge is 0.285 e. The van der Waals surface area contributed by atoms with E-state index in [1.807, 2.05) is 23.2 Å². The topological polar surface area (TPSA) is 56.1 Å². The van der Waals surface area contributed by atoms with Crippen molar-refractivity contribution in [1.29, 1.82) is 5.26 Å². The van der Waals surface area contributed by atoms with Gasteiger partial charge in [-0.2, -0.15) is 5.26 Å². The lowest BCUT2D eigenvalue weighted by atomic mass is 9.72. The van der Waals surface area contributed by atoms with Gasteiger partial charge in [-0.3, -0.25) is 15.2 Å². The molecule has 0 saturated carbocycles. The zero-order valence-corrected chi connectivity index (χ0v) is 14.4. The second-order valence-electron chi connectivity index (χ2n) is 6.99. The van der Waals surface area contributed by atoms with E-state index < -0.39 is 0 Å². The van der Waals surface area contributed by atoms with Crippen LogP contribution in [0.2, 0.25) is 0 Å². The van der Waals surface area contributed by atoms with Crippen LogP contribution in [-0.2, 0) is 4.79 Å². The Labute approximate surface area is 139 Å². The van der Waals surface area contributed by atoms with Crippen molar-refractivity contribution in [2.24, 2.45) is 11.3 Å². The maximum Gasteiger partial charge on any atom is 0.244 e. The molecule has 1 fully saturated rings. The summed E-state index contributed by atoms with van der Waals surface area (Å²) < 4.78 is 0. The van der Waals surface area contributed by atoms with Crippen LogP contribution >= 0.6 is 0 Å². The molecule has 1 N–H and O–H groups in total. The summed E-state index contributed by atoms with van der Waals surface area (Å²) in [5.41, 5.74) is 4.32. The third-order valence-electron chi connectivity index (χ3n) is 4.63. The first kappa shape index (κ1) is 17.3. The van der Waals surface area contributed by atoms with Crippen molar-refractivity contribution in [1.82, 2.24) is 5.43 Å². The normalized spacial score (nSPS) is 21.2. The molecule has 1 atom stereocenters. The second-order valence-corrected chi connectivity index (χ2v) is 6.99. The number of hydrazine groups is 1. The molecule has 0 aromatic heterocycles. The van der Waals surface area contributed by atoms with Gasteiger partial charge in [-0.1, -0.05) is 39.7 Å². The molecule has 4 heteroatoms. The molecule has 0 spiro atoms. The van der Waals surface area contributed by atoms with E-state index in [0.717, 1.165) is 44.3 Å². The first-order valence-corrected chi connectivity index (χ1v) is 8.59. The maximum atomic E-state index is 12.9. The van der Waals surface area contributed by atoms with E-state index in [1.165, 1.54) is 0 Å². The lowest BCUT2D eigenvalue weighted by Crippen LogP contribution is -2.57. The van der Waals surface area contributed by atoms with Crippen LogP contribution < -0.4 is 10.4 Å². The molecule has 0 bridgehead atoms. The van der Waals surface area contributed by atoms with Gasteiger partial charge in [0, 0.05) is 6.54 Å². The van der Waals surface area contributed by atoms with Crippen LogP contribution in [0.1, 0.15) is 58.4 Å². The fraction of sp³-hybridized carbons (Fsp3) is 0.579. The summed E-state index contributed by atoms with van der Waals surface area (Å²) in [6, 6.07) is 9.53. The average molecular weight is 313 g/mol. The van der Waals surface area contributed by atoms with Crippen molar-refractivity contribution in [2.75, 3.05) is 11.6 Å². The number of anilines is 1. The SMILES string of the molecule is CCCCC1(CC(C)C)CCN(c2cccc(C#N)c2)NC1=O. The predicted molar refractivity (Wildman–Crippen MR) is 92.7 cm³/mol. The number of nitrogens with zero attached hydrogens (tertiary/aromatic N) is 2. The van der Waals surface area contributed by atoms with Gasteiger partial charge in [-0.15, -0.1) is 0 Å². The molecule has 0 radical (unpaired) electrons. The molecule has 1 heterocycles. The molecule has 1 aromatic rings. The Balaban J connectivity index is 2.16. The summed E-state index contributed by atoms with van der Waals surface area (Å²) in [5, 5.41) is 10.9. The fourth-order valence-corrected chi connectivity index (χ4v) is 3.51. The van der Waals surface area contributed by atoms with Crippen LogP contribution in [0.25, 0.3) is 0 Å². The van der Waals surface area contributed by atoms with E-state index >= 15 is 0 Å². The van der Waals surface area contributed by atoms with Crippen LogP contribution in [-0.4, -0.2) is 12.5 Å². The van der Waals surface area contributed by atoms with E-state index in [4.69, 9.17) is 5.26 Å². The number of amides is 1. The zero-order valence-electron chi connectivity index (χ0n) is 14.4. The Morgan fingerprint density at radius 3 is 2.83 bits per heavy atom. The molecule has 23 heavy (non-hydrogen) atoms. The van der Waals surface area contributed by atoms with Gasteiger partial charge in [0.1, 0.15) is 0 Å². The minimum atomic E-state index is -0.243. The Morgan fingerprint density at radius 1 is 1.43 bits per heavy atom. The van der Waals surface area contributed by atoms with Gasteiger partial charge in [0.2, 0.25) is 5.91 Å². The third kappa shape index (κ3) is 4.04. The Bertz CT molecular complexity index is 591. The molecule has 1 unspecified atom stereocenters. The number of benzene rings is 1. The second kappa shape index (κ2) is 7.50. The third-order valence-corrected chi connectivity index (χ3v) is 4.63. The van der Waals surface area contributed by atoms with Crippen molar-refractivity contribution < 1.29 is 4.79 Å². The molecule has 1 aromatic carbocycles. The summed E-state index contributed by atoms with van der Waals surface area (Å²) >= 11 is 0. The van der Waals surface area contributed by atoms with Crippen LogP contribution in [0, 0.1) is 22.7 Å². The number of nitriles is 1. The molecule has 2 rings (SSSR count). The Hall–Kier alpha value is -2.02. The van der Waals surface area contributed by atoms with Crippen molar-refractivity contribution in [2.45, 2.75) is 52.9 Å². The quantitative estimate of drug-likeness (QED) is 0.863. The minimum absolute atomic E-state index is 0.133. The van der Waals surface area contributed by atoms with Crippen molar-refractivity contribution in [3.8, 4) is 6.07 Å². The lowest BCUT2D eigenvalue weighted by molar-refractivity contribution is -0.135. The molecule has 1 aliphatic heterocycles. The predicted octanol–water partition coefficient (Wildman–Crippen LogP) is 4.02. The van der Waals surface area contributed by atoms with Crippen LogP contribution in [0.3, 0.4) is 0 Å². The number of hydrogen-bond donors (Lipinski definition) is 1. The van der Waals surface area contributed by atoms with Gasteiger partial charge in [0.15, 0.2) is 0 Å². The van der Waals surface area contributed by atoms with E-state index in [1.54, 1.807) is 6.07 Å². The monoisotopic (exact) mass is 313 g/mol. The Morgan fingerprint density at radius 2 is 2.22 bits per heavy atom. The first-order chi connectivity index (χ1) is 11.0. The highest BCUT2D eigenvalue weighted by Crippen LogP contribution is 2.39. The van der Waals surface area contributed by atoms with Crippen LogP contribution in [0.15, 0.2) is 24.3 Å². The average Bonchev–Trinajstić information content (AvgIpc) is 2.55. The minimum Gasteiger partial charge on any atom is -0.285 e. The number of carbonyl (C=O) groups is 1. The van der Waals surface area contributed by atoms with E-state index in [9.17, 15) is 4.79 Å². The molecule has 1 amide bonds. The molecule has 1 aliphatic rings. The number of nitrogens with one attached hydrogen (secondary N) is 1. The molecule has 124 valence electrons. The maximum absolute atomic E-state index is 12.9. The number of unbranched alkanes of at least 4 members (excludes halogenated alkanes) is 1. The Kier molecular flexibility index (Phi) is 5.65. The van der Waals surface area contributed by atoms with Crippen molar-refractivity contribution >= 4 is 11.6 Å². The zero-order chi connectivity index (χ0) is 16.9. The van der Waals surface area contributed by atoms with Crippen LogP contribution in [0.5, 0.6) is 0 Å². The fourth-order valence-electron chi connectivity index (χ4n) is 3.51. The molecule has 0 aliphatic carbocycles. The van der Waals surface area contributed by atoms with Gasteiger partial charge in [0.05, 0.1) is 22.7 Å². The van der Waals surface area contributed by atoms with Gasteiger partial charge in [-0.25, -0.2) is 0 Å².